The van der Waals surface area contributed by atoms with Crippen molar-refractivity contribution in [2.24, 2.45) is 0 Å². The van der Waals surface area contributed by atoms with E-state index in [0.29, 0.717) is 24.3 Å². The smallest absolute Gasteiger partial charge is 0.290 e. The minimum Gasteiger partial charge on any atom is -0.486 e. The quantitative estimate of drug-likeness (QED) is 0.702. The van der Waals surface area contributed by atoms with E-state index >= 15 is 0 Å². The molecule has 1 unspecified atom stereocenters. The third-order valence-corrected chi connectivity index (χ3v) is 8.05. The number of rotatable bonds is 5. The predicted octanol–water partition coefficient (Wildman–Crippen LogP) is 3.47. The maximum Gasteiger partial charge on any atom is 0.290 e. The first-order valence-corrected chi connectivity index (χ1v) is 12.6. The minimum atomic E-state index is -3.22. The molecule has 1 amide bonds. The molecule has 0 bridgehead atoms. The Bertz CT molecular complexity index is 1070. The average molecular weight is 448 g/mol. The van der Waals surface area contributed by atoms with E-state index in [-0.39, 0.29) is 23.8 Å². The van der Waals surface area contributed by atoms with Gasteiger partial charge in [0.1, 0.15) is 5.82 Å². The van der Waals surface area contributed by atoms with Gasteiger partial charge in [0, 0.05) is 23.9 Å². The molecule has 0 radical (unpaired) electrons. The molecule has 5 nitrogen and oxygen atoms in total. The van der Waals surface area contributed by atoms with Crippen LogP contribution in [0.5, 0.6) is 0 Å². The van der Waals surface area contributed by atoms with E-state index in [1.54, 1.807) is 18.2 Å². The van der Waals surface area contributed by atoms with Gasteiger partial charge in [-0.15, -0.1) is 11.8 Å². The molecule has 2 aliphatic rings. The van der Waals surface area contributed by atoms with Crippen molar-refractivity contribution in [2.45, 2.75) is 19.0 Å². The van der Waals surface area contributed by atoms with Gasteiger partial charge in [0.15, 0.2) is 15.6 Å². The molecule has 2 aliphatic heterocycles. The van der Waals surface area contributed by atoms with Crippen LogP contribution < -0.4 is 0 Å². The number of hydrogen-bond acceptors (Lipinski definition) is 5. The standard InChI is InChI=1S/C22H22FNO4S2/c23-19-9-5-4-8-17(19)14-24(18-10-13-30(26,27)15-18)22(25)20-21(29-12-11-28-20)16-6-2-1-3-7-16/h1-9,18H,10-15H2. The van der Waals surface area contributed by atoms with Gasteiger partial charge in [0.05, 0.1) is 23.0 Å². The molecule has 0 saturated carbocycles. The summed E-state index contributed by atoms with van der Waals surface area (Å²) >= 11 is 1.54. The van der Waals surface area contributed by atoms with Gasteiger partial charge in [0.25, 0.3) is 5.91 Å². The van der Waals surface area contributed by atoms with Crippen LogP contribution in [0.2, 0.25) is 0 Å². The Labute approximate surface area is 179 Å². The Morgan fingerprint density at radius 2 is 1.87 bits per heavy atom. The maximum atomic E-state index is 14.3. The lowest BCUT2D eigenvalue weighted by Gasteiger charge is -2.31. The number of benzene rings is 2. The second kappa shape index (κ2) is 8.81. The van der Waals surface area contributed by atoms with Gasteiger partial charge >= 0.3 is 0 Å². The van der Waals surface area contributed by atoms with Gasteiger partial charge in [-0.25, -0.2) is 12.8 Å². The largest absolute Gasteiger partial charge is 0.486 e. The van der Waals surface area contributed by atoms with Crippen LogP contribution in [-0.2, 0) is 25.9 Å². The van der Waals surface area contributed by atoms with Crippen LogP contribution in [0.1, 0.15) is 17.5 Å². The Morgan fingerprint density at radius 3 is 2.57 bits per heavy atom. The van der Waals surface area contributed by atoms with Crippen molar-refractivity contribution < 1.29 is 22.3 Å². The molecule has 1 fully saturated rings. The molecule has 2 heterocycles. The van der Waals surface area contributed by atoms with Crippen molar-refractivity contribution in [3.63, 3.8) is 0 Å². The number of halogens is 1. The summed E-state index contributed by atoms with van der Waals surface area (Å²) in [6.07, 6.45) is 0.337. The highest BCUT2D eigenvalue weighted by atomic mass is 32.2. The fraction of sp³-hybridized carbons (Fsp3) is 0.318. The van der Waals surface area contributed by atoms with E-state index in [2.05, 4.69) is 0 Å². The first-order chi connectivity index (χ1) is 14.4. The van der Waals surface area contributed by atoms with Crippen LogP contribution >= 0.6 is 11.8 Å². The van der Waals surface area contributed by atoms with Crippen molar-refractivity contribution in [3.8, 4) is 0 Å². The second-order valence-corrected chi connectivity index (χ2v) is 10.6. The monoisotopic (exact) mass is 447 g/mol. The van der Waals surface area contributed by atoms with E-state index in [4.69, 9.17) is 4.74 Å². The van der Waals surface area contributed by atoms with Crippen LogP contribution in [-0.4, -0.2) is 49.1 Å². The SMILES string of the molecule is O=C(C1=C(c2ccccc2)SCCO1)N(Cc1ccccc1F)C1CCS(=O)(=O)C1. The van der Waals surface area contributed by atoms with Crippen molar-refractivity contribution in [1.82, 2.24) is 4.90 Å². The molecular weight excluding hydrogens is 425 g/mol. The third kappa shape index (κ3) is 4.54. The van der Waals surface area contributed by atoms with Crippen molar-refractivity contribution in [2.75, 3.05) is 23.9 Å². The Morgan fingerprint density at radius 1 is 1.13 bits per heavy atom. The summed E-state index contributed by atoms with van der Waals surface area (Å²) in [5.74, 6) is 0.0103. The normalized spacial score (nSPS) is 20.6. The van der Waals surface area contributed by atoms with Gasteiger partial charge in [-0.2, -0.15) is 0 Å². The number of amides is 1. The highest BCUT2D eigenvalue weighted by Crippen LogP contribution is 2.36. The molecule has 2 aromatic rings. The maximum absolute atomic E-state index is 14.3. The zero-order chi connectivity index (χ0) is 21.1. The molecule has 8 heteroatoms. The lowest BCUT2D eigenvalue weighted by Crippen LogP contribution is -2.42. The summed E-state index contributed by atoms with van der Waals surface area (Å²) in [6, 6.07) is 15.2. The van der Waals surface area contributed by atoms with E-state index in [1.807, 2.05) is 30.3 Å². The Kier molecular flexibility index (Phi) is 6.15. The summed E-state index contributed by atoms with van der Waals surface area (Å²) in [4.78, 5) is 15.8. The highest BCUT2D eigenvalue weighted by molar-refractivity contribution is 8.08. The van der Waals surface area contributed by atoms with Crippen molar-refractivity contribution in [1.29, 1.82) is 0 Å². The first-order valence-electron chi connectivity index (χ1n) is 9.75. The van der Waals surface area contributed by atoms with Gasteiger partial charge in [-0.1, -0.05) is 48.5 Å². The predicted molar refractivity (Wildman–Crippen MR) is 116 cm³/mol. The van der Waals surface area contributed by atoms with Gasteiger partial charge in [-0.3, -0.25) is 4.79 Å². The summed E-state index contributed by atoms with van der Waals surface area (Å²) in [5, 5.41) is 0. The third-order valence-electron chi connectivity index (χ3n) is 5.22. The molecule has 0 spiro atoms. The lowest BCUT2D eigenvalue weighted by atomic mass is 10.1. The number of nitrogens with zero attached hydrogens (tertiary/aromatic N) is 1. The second-order valence-electron chi connectivity index (χ2n) is 7.30. The number of carbonyl (C=O) groups is 1. The van der Waals surface area contributed by atoms with Crippen LogP contribution in [0.15, 0.2) is 60.4 Å². The van der Waals surface area contributed by atoms with Crippen molar-refractivity contribution in [3.05, 3.63) is 77.3 Å². The fourth-order valence-corrected chi connectivity index (χ4v) is 6.39. The van der Waals surface area contributed by atoms with E-state index < -0.39 is 27.6 Å². The van der Waals surface area contributed by atoms with Crippen LogP contribution in [0.4, 0.5) is 4.39 Å². The fourth-order valence-electron chi connectivity index (χ4n) is 3.71. The topological polar surface area (TPSA) is 63.7 Å². The Balaban J connectivity index is 1.73. The molecule has 0 N–H and O–H groups in total. The molecular formula is C22H22FNO4S2. The zero-order valence-corrected chi connectivity index (χ0v) is 17.9. The minimum absolute atomic E-state index is 0.00864. The summed E-state index contributed by atoms with van der Waals surface area (Å²) < 4.78 is 44.3. The van der Waals surface area contributed by atoms with Gasteiger partial charge in [0.2, 0.25) is 0 Å². The average Bonchev–Trinajstić information content (AvgIpc) is 3.12. The van der Waals surface area contributed by atoms with Crippen LogP contribution in [0, 0.1) is 5.82 Å². The number of carbonyl (C=O) groups excluding carboxylic acids is 1. The van der Waals surface area contributed by atoms with E-state index in [0.717, 1.165) is 10.5 Å². The summed E-state index contributed by atoms with van der Waals surface area (Å²) in [6.45, 7) is 0.379. The van der Waals surface area contributed by atoms with Gasteiger partial charge in [-0.05, 0) is 18.1 Å². The number of sulfone groups is 1. The zero-order valence-electron chi connectivity index (χ0n) is 16.3. The van der Waals surface area contributed by atoms with E-state index in [9.17, 15) is 17.6 Å². The molecule has 2 aromatic carbocycles. The molecule has 0 aromatic heterocycles. The first kappa shape index (κ1) is 20.9. The summed E-state index contributed by atoms with van der Waals surface area (Å²) in [7, 11) is -3.22. The lowest BCUT2D eigenvalue weighted by molar-refractivity contribution is -0.133. The van der Waals surface area contributed by atoms with Crippen LogP contribution in [0.25, 0.3) is 4.91 Å². The molecule has 158 valence electrons. The number of thioether (sulfide) groups is 1. The molecule has 0 aliphatic carbocycles. The van der Waals surface area contributed by atoms with Gasteiger partial charge < -0.3 is 9.64 Å². The van der Waals surface area contributed by atoms with Crippen molar-refractivity contribution >= 4 is 32.4 Å². The highest BCUT2D eigenvalue weighted by Gasteiger charge is 2.38. The van der Waals surface area contributed by atoms with Crippen LogP contribution in [0.3, 0.4) is 0 Å². The molecule has 4 rings (SSSR count). The molecule has 1 atom stereocenters. The number of ether oxygens (including phenoxy) is 1. The molecule has 30 heavy (non-hydrogen) atoms. The number of hydrogen-bond donors (Lipinski definition) is 0. The Hall–Kier alpha value is -2.32. The summed E-state index contributed by atoms with van der Waals surface area (Å²) in [5.41, 5.74) is 1.22. The molecule has 1 saturated heterocycles. The van der Waals surface area contributed by atoms with E-state index in [1.165, 1.54) is 22.7 Å².